The molecule has 1 aromatic heterocycles. The van der Waals surface area contributed by atoms with Crippen LogP contribution in [0.25, 0.3) is 0 Å². The molecule has 1 heterocycles. The van der Waals surface area contributed by atoms with E-state index < -0.39 is 0 Å². The van der Waals surface area contributed by atoms with Gasteiger partial charge in [-0.25, -0.2) is 4.98 Å². The lowest BCUT2D eigenvalue weighted by atomic mass is 10.3. The normalized spacial score (nSPS) is 12.7. The van der Waals surface area contributed by atoms with Gasteiger partial charge in [0.1, 0.15) is 5.82 Å². The summed E-state index contributed by atoms with van der Waals surface area (Å²) in [5.74, 6) is 2.10. The third kappa shape index (κ3) is 4.38. The van der Waals surface area contributed by atoms with Gasteiger partial charge in [-0.1, -0.05) is 13.8 Å². The summed E-state index contributed by atoms with van der Waals surface area (Å²) < 4.78 is 4.31. The van der Waals surface area contributed by atoms with Gasteiger partial charge in [0.2, 0.25) is 5.13 Å². The Balaban J connectivity index is 2.47. The zero-order chi connectivity index (χ0) is 11.1. The summed E-state index contributed by atoms with van der Waals surface area (Å²) >= 11 is 3.34. The van der Waals surface area contributed by atoms with E-state index in [1.54, 1.807) is 0 Å². The highest BCUT2D eigenvalue weighted by atomic mass is 32.2. The lowest BCUT2D eigenvalue weighted by Crippen LogP contribution is -2.20. The van der Waals surface area contributed by atoms with Crippen LogP contribution in [0, 0.1) is 0 Å². The average Bonchev–Trinajstić information content (AvgIpc) is 2.66. The summed E-state index contributed by atoms with van der Waals surface area (Å²) in [5.41, 5.74) is 0. The minimum absolute atomic E-state index is 0.516. The smallest absolute Gasteiger partial charge is 0.202 e. The van der Waals surface area contributed by atoms with Crippen LogP contribution in [-0.2, 0) is 6.42 Å². The predicted octanol–water partition coefficient (Wildman–Crippen LogP) is 3.04. The number of aromatic nitrogens is 2. The molecule has 0 aromatic carbocycles. The number of aryl methyl sites for hydroxylation is 1. The number of nitrogens with one attached hydrogen (secondary N) is 1. The Morgan fingerprint density at radius 3 is 2.87 bits per heavy atom. The van der Waals surface area contributed by atoms with Crippen molar-refractivity contribution in [2.45, 2.75) is 39.2 Å². The van der Waals surface area contributed by atoms with Crippen molar-refractivity contribution in [1.29, 1.82) is 0 Å². The molecule has 0 saturated heterocycles. The van der Waals surface area contributed by atoms with Gasteiger partial charge in [0.25, 0.3) is 0 Å². The first-order chi connectivity index (χ1) is 7.30. The van der Waals surface area contributed by atoms with Crippen molar-refractivity contribution in [2.24, 2.45) is 0 Å². The zero-order valence-corrected chi connectivity index (χ0v) is 11.2. The maximum Gasteiger partial charge on any atom is 0.202 e. The fourth-order valence-corrected chi connectivity index (χ4v) is 2.69. The highest BCUT2D eigenvalue weighted by Gasteiger charge is 2.08. The molecule has 1 unspecified atom stereocenters. The molecule has 1 rings (SSSR count). The van der Waals surface area contributed by atoms with Gasteiger partial charge in [-0.05, 0) is 19.1 Å². The molecule has 1 atom stereocenters. The molecule has 5 heteroatoms. The van der Waals surface area contributed by atoms with Crippen LogP contribution >= 0.6 is 23.3 Å². The van der Waals surface area contributed by atoms with Crippen molar-refractivity contribution < 1.29 is 0 Å². The Morgan fingerprint density at radius 2 is 2.27 bits per heavy atom. The molecule has 0 fully saturated rings. The Morgan fingerprint density at radius 1 is 1.47 bits per heavy atom. The van der Waals surface area contributed by atoms with Gasteiger partial charge in [-0.2, -0.15) is 16.1 Å². The summed E-state index contributed by atoms with van der Waals surface area (Å²) in [6.07, 6.45) is 5.35. The lowest BCUT2D eigenvalue weighted by molar-refractivity contribution is 0.771. The van der Waals surface area contributed by atoms with Gasteiger partial charge >= 0.3 is 0 Å². The van der Waals surface area contributed by atoms with Crippen LogP contribution < -0.4 is 5.32 Å². The van der Waals surface area contributed by atoms with Crippen molar-refractivity contribution in [2.75, 3.05) is 17.3 Å². The molecular formula is C10H19N3S2. The monoisotopic (exact) mass is 245 g/mol. The number of rotatable bonds is 7. The van der Waals surface area contributed by atoms with Gasteiger partial charge in [0.05, 0.1) is 0 Å². The topological polar surface area (TPSA) is 37.8 Å². The molecule has 1 aromatic rings. The third-order valence-corrected chi connectivity index (χ3v) is 3.55. The predicted molar refractivity (Wildman–Crippen MR) is 70.0 cm³/mol. The summed E-state index contributed by atoms with van der Waals surface area (Å²) in [6, 6.07) is 0.516. The molecule has 0 aliphatic rings. The maximum absolute atomic E-state index is 4.46. The summed E-state index contributed by atoms with van der Waals surface area (Å²) in [5, 5.41) is 4.40. The summed E-state index contributed by atoms with van der Waals surface area (Å²) in [6.45, 7) is 4.35. The van der Waals surface area contributed by atoms with E-state index in [-0.39, 0.29) is 0 Å². The van der Waals surface area contributed by atoms with Crippen LogP contribution in [0.15, 0.2) is 0 Å². The zero-order valence-electron chi connectivity index (χ0n) is 9.62. The second-order valence-electron chi connectivity index (χ2n) is 3.47. The SMILES string of the molecule is CCCc1nsc(NC(CC)CSC)n1. The van der Waals surface area contributed by atoms with Crippen molar-refractivity contribution >= 4 is 28.4 Å². The highest BCUT2D eigenvalue weighted by Crippen LogP contribution is 2.15. The summed E-state index contributed by atoms with van der Waals surface area (Å²) in [4.78, 5) is 4.46. The van der Waals surface area contributed by atoms with Crippen LogP contribution in [0.4, 0.5) is 5.13 Å². The quantitative estimate of drug-likeness (QED) is 0.801. The first kappa shape index (κ1) is 12.8. The Kier molecular flexibility index (Phi) is 6.02. The fourth-order valence-electron chi connectivity index (χ4n) is 1.28. The number of nitrogens with zero attached hydrogens (tertiary/aromatic N) is 2. The van der Waals surface area contributed by atoms with E-state index in [0.29, 0.717) is 6.04 Å². The first-order valence-corrected chi connectivity index (χ1v) is 7.54. The molecule has 15 heavy (non-hydrogen) atoms. The highest BCUT2D eigenvalue weighted by molar-refractivity contribution is 7.98. The molecular weight excluding hydrogens is 226 g/mol. The molecule has 0 radical (unpaired) electrons. The number of hydrogen-bond acceptors (Lipinski definition) is 5. The van der Waals surface area contributed by atoms with Gasteiger partial charge in [0.15, 0.2) is 0 Å². The Hall–Kier alpha value is -0.290. The van der Waals surface area contributed by atoms with Crippen LogP contribution in [0.2, 0.25) is 0 Å². The first-order valence-electron chi connectivity index (χ1n) is 5.38. The molecule has 0 saturated carbocycles. The Labute approximate surface area is 100 Å². The minimum atomic E-state index is 0.516. The van der Waals surface area contributed by atoms with E-state index in [2.05, 4.69) is 34.8 Å². The Bertz CT molecular complexity index is 275. The number of anilines is 1. The van der Waals surface area contributed by atoms with E-state index in [0.717, 1.165) is 36.0 Å². The average molecular weight is 245 g/mol. The van der Waals surface area contributed by atoms with Crippen molar-refractivity contribution in [1.82, 2.24) is 9.36 Å². The largest absolute Gasteiger partial charge is 0.357 e. The van der Waals surface area contributed by atoms with E-state index >= 15 is 0 Å². The summed E-state index contributed by atoms with van der Waals surface area (Å²) in [7, 11) is 0. The second kappa shape index (κ2) is 7.06. The molecule has 86 valence electrons. The van der Waals surface area contributed by atoms with E-state index in [1.807, 2.05) is 11.8 Å². The standard InChI is InChI=1S/C10H19N3S2/c1-4-6-9-12-10(15-13-9)11-8(5-2)7-14-3/h8H,4-7H2,1-3H3,(H,11,12,13). The molecule has 0 amide bonds. The molecule has 0 aliphatic carbocycles. The van der Waals surface area contributed by atoms with Crippen molar-refractivity contribution in [3.8, 4) is 0 Å². The van der Waals surface area contributed by atoms with E-state index in [4.69, 9.17) is 0 Å². The van der Waals surface area contributed by atoms with Gasteiger partial charge in [-0.15, -0.1) is 0 Å². The van der Waals surface area contributed by atoms with Gasteiger partial charge in [-0.3, -0.25) is 0 Å². The lowest BCUT2D eigenvalue weighted by Gasteiger charge is -2.13. The van der Waals surface area contributed by atoms with E-state index in [9.17, 15) is 0 Å². The molecule has 3 nitrogen and oxygen atoms in total. The molecule has 0 spiro atoms. The maximum atomic E-state index is 4.46. The molecule has 1 N–H and O–H groups in total. The molecule has 0 aliphatic heterocycles. The number of thioether (sulfide) groups is 1. The number of hydrogen-bond donors (Lipinski definition) is 1. The molecule has 0 bridgehead atoms. The van der Waals surface area contributed by atoms with E-state index in [1.165, 1.54) is 11.5 Å². The van der Waals surface area contributed by atoms with Crippen LogP contribution in [0.1, 0.15) is 32.5 Å². The van der Waals surface area contributed by atoms with Gasteiger partial charge in [0, 0.05) is 29.7 Å². The van der Waals surface area contributed by atoms with Crippen LogP contribution in [0.5, 0.6) is 0 Å². The van der Waals surface area contributed by atoms with Crippen molar-refractivity contribution in [3.05, 3.63) is 5.82 Å². The second-order valence-corrected chi connectivity index (χ2v) is 5.13. The fraction of sp³-hybridized carbons (Fsp3) is 0.800. The third-order valence-electron chi connectivity index (χ3n) is 2.13. The van der Waals surface area contributed by atoms with Crippen LogP contribution in [0.3, 0.4) is 0 Å². The van der Waals surface area contributed by atoms with Crippen LogP contribution in [-0.4, -0.2) is 27.4 Å². The van der Waals surface area contributed by atoms with Crippen molar-refractivity contribution in [3.63, 3.8) is 0 Å². The minimum Gasteiger partial charge on any atom is -0.357 e. The van der Waals surface area contributed by atoms with Gasteiger partial charge < -0.3 is 5.32 Å².